The van der Waals surface area contributed by atoms with Crippen LogP contribution in [0.3, 0.4) is 0 Å². The van der Waals surface area contributed by atoms with E-state index in [9.17, 15) is 0 Å². The van der Waals surface area contributed by atoms with Gasteiger partial charge < -0.3 is 0 Å². The molecule has 0 atom stereocenters. The highest BCUT2D eigenvalue weighted by molar-refractivity contribution is 5.55. The van der Waals surface area contributed by atoms with Crippen LogP contribution in [0.4, 0.5) is 5.69 Å². The first-order valence-electron chi connectivity index (χ1n) is 3.55. The predicted octanol–water partition coefficient (Wildman–Crippen LogP) is 1.98. The van der Waals surface area contributed by atoms with Crippen LogP contribution in [0.15, 0.2) is 18.2 Å². The maximum absolute atomic E-state index is 8.58. The van der Waals surface area contributed by atoms with Crippen LogP contribution in [-0.2, 0) is 0 Å². The van der Waals surface area contributed by atoms with E-state index in [1.54, 1.807) is 12.1 Å². The quantitative estimate of drug-likeness (QED) is 0.536. The molecule has 0 saturated carbocycles. The van der Waals surface area contributed by atoms with Crippen LogP contribution < -0.4 is 0 Å². The number of hydrogen-bond donors (Lipinski definition) is 0. The molecule has 0 radical (unpaired) electrons. The maximum atomic E-state index is 8.58. The van der Waals surface area contributed by atoms with E-state index in [0.717, 1.165) is 0 Å². The minimum atomic E-state index is -0.114. The van der Waals surface area contributed by atoms with Crippen LogP contribution in [0.25, 0.3) is 4.85 Å². The lowest BCUT2D eigenvalue weighted by Gasteiger charge is -1.91. The van der Waals surface area contributed by atoms with E-state index in [-0.39, 0.29) is 22.9 Å². The van der Waals surface area contributed by atoms with E-state index in [0.29, 0.717) is 0 Å². The Kier molecular flexibility index (Phi) is 1.70. The molecular weight excluding hydrogens is 150 g/mol. The second-order valence-electron chi connectivity index (χ2n) is 2.00. The molecule has 3 nitrogen and oxygen atoms in total. The van der Waals surface area contributed by atoms with Crippen LogP contribution >= 0.6 is 0 Å². The van der Waals surface area contributed by atoms with Crippen LogP contribution in [0, 0.1) is 29.2 Å². The Morgan fingerprint density at radius 2 is 1.83 bits per heavy atom. The Hall–Kier alpha value is -2.31. The Balaban J connectivity index is 3.53. The molecule has 12 heavy (non-hydrogen) atoms. The van der Waals surface area contributed by atoms with E-state index in [4.69, 9.17) is 18.5 Å². The fourth-order valence-corrected chi connectivity index (χ4v) is 0.740. The summed E-state index contributed by atoms with van der Waals surface area (Å²) in [4.78, 5) is 3.09. The summed E-state index contributed by atoms with van der Waals surface area (Å²) in [7, 11) is 0. The van der Waals surface area contributed by atoms with Gasteiger partial charge in [-0.1, -0.05) is 0 Å². The largest absolute Gasteiger partial charge is 0.238 e. The summed E-state index contributed by atoms with van der Waals surface area (Å²) in [6.45, 7) is 6.70. The molecule has 0 heterocycles. The lowest BCUT2D eigenvalue weighted by Crippen LogP contribution is -1.77. The number of nitrogens with zero attached hydrogens (tertiary/aromatic N) is 3. The first kappa shape index (κ1) is 6.40. The standard InChI is InChI=1S/C9H3N3/c1-12-9-3-7(5-10)2-8(4-9)6-11/h2-4H/i2D. The van der Waals surface area contributed by atoms with Gasteiger partial charge in [-0.2, -0.15) is 10.5 Å². The van der Waals surface area contributed by atoms with Gasteiger partial charge in [0.2, 0.25) is 0 Å². The number of benzene rings is 1. The van der Waals surface area contributed by atoms with Crippen molar-refractivity contribution in [3.8, 4) is 12.1 Å². The normalized spacial score (nSPS) is 8.92. The van der Waals surface area contributed by atoms with Crippen molar-refractivity contribution in [3.05, 3.63) is 40.7 Å². The molecule has 0 fully saturated rings. The van der Waals surface area contributed by atoms with Crippen LogP contribution in [0.1, 0.15) is 12.5 Å². The highest BCUT2D eigenvalue weighted by Crippen LogP contribution is 2.16. The Labute approximate surface area is 71.3 Å². The van der Waals surface area contributed by atoms with E-state index in [2.05, 4.69) is 4.85 Å². The third-order valence-corrected chi connectivity index (χ3v) is 1.22. The molecule has 1 aromatic carbocycles. The van der Waals surface area contributed by atoms with Gasteiger partial charge in [-0.15, -0.1) is 0 Å². The first-order valence-corrected chi connectivity index (χ1v) is 3.05. The van der Waals surface area contributed by atoms with Crippen molar-refractivity contribution in [1.29, 1.82) is 10.5 Å². The second-order valence-corrected chi connectivity index (χ2v) is 2.00. The molecule has 0 N–H and O–H groups in total. The van der Waals surface area contributed by atoms with Gasteiger partial charge in [-0.25, -0.2) is 4.85 Å². The topological polar surface area (TPSA) is 51.9 Å². The number of rotatable bonds is 0. The predicted molar refractivity (Wildman–Crippen MR) is 42.1 cm³/mol. The Morgan fingerprint density at radius 3 is 2.17 bits per heavy atom. The summed E-state index contributed by atoms with van der Waals surface area (Å²) < 4.78 is 7.37. The Bertz CT molecular complexity index is 436. The average Bonchev–Trinajstić information content (AvgIpc) is 2.18. The number of nitriles is 2. The molecule has 0 aliphatic heterocycles. The van der Waals surface area contributed by atoms with E-state index in [1.165, 1.54) is 12.1 Å². The summed E-state index contributed by atoms with van der Waals surface area (Å²) in [5.74, 6) is 0. The molecule has 0 unspecified atom stereocenters. The third-order valence-electron chi connectivity index (χ3n) is 1.22. The molecule has 0 spiro atoms. The zero-order chi connectivity index (χ0) is 9.84. The first-order chi connectivity index (χ1) is 6.22. The SMILES string of the molecule is [2H]c1c(C#N)cc([N+]#[C-])cc1C#N. The lowest BCUT2D eigenvalue weighted by molar-refractivity contribution is 1.45. The van der Waals surface area contributed by atoms with Crippen molar-refractivity contribution in [2.24, 2.45) is 0 Å². The zero-order valence-corrected chi connectivity index (χ0v) is 6.00. The minimum absolute atomic E-state index is 0.0602. The summed E-state index contributed by atoms with van der Waals surface area (Å²) >= 11 is 0. The van der Waals surface area contributed by atoms with Gasteiger partial charge in [-0.05, 0) is 18.2 Å². The smallest absolute Gasteiger partial charge is 0.189 e. The van der Waals surface area contributed by atoms with Crippen molar-refractivity contribution in [1.82, 2.24) is 0 Å². The molecular formula is C9H3N3. The van der Waals surface area contributed by atoms with Crippen LogP contribution in [-0.4, -0.2) is 0 Å². The third kappa shape index (κ3) is 1.40. The monoisotopic (exact) mass is 154 g/mol. The highest BCUT2D eigenvalue weighted by Gasteiger charge is 1.98. The van der Waals surface area contributed by atoms with Gasteiger partial charge >= 0.3 is 0 Å². The highest BCUT2D eigenvalue weighted by atomic mass is 14.6. The molecule has 0 saturated heterocycles. The Morgan fingerprint density at radius 1 is 1.33 bits per heavy atom. The lowest BCUT2D eigenvalue weighted by atomic mass is 10.1. The summed E-state index contributed by atoms with van der Waals surface area (Å²) in [5.41, 5.74) is 0.333. The van der Waals surface area contributed by atoms with Gasteiger partial charge in [0, 0.05) is 11.1 Å². The van der Waals surface area contributed by atoms with E-state index >= 15 is 0 Å². The van der Waals surface area contributed by atoms with Gasteiger partial charge in [0.15, 0.2) is 5.69 Å². The van der Waals surface area contributed by atoms with Crippen LogP contribution in [0.5, 0.6) is 0 Å². The molecule has 0 aliphatic rings. The van der Waals surface area contributed by atoms with Crippen molar-refractivity contribution in [2.75, 3.05) is 0 Å². The zero-order valence-electron chi connectivity index (χ0n) is 7.00. The van der Waals surface area contributed by atoms with Crippen molar-refractivity contribution in [3.63, 3.8) is 0 Å². The molecule has 54 valence electrons. The molecule has 1 aromatic rings. The van der Waals surface area contributed by atoms with E-state index < -0.39 is 0 Å². The van der Waals surface area contributed by atoms with Gasteiger partial charge in [0.05, 0.1) is 20.1 Å². The molecule has 1 rings (SSSR count). The van der Waals surface area contributed by atoms with Gasteiger partial charge in [0.1, 0.15) is 0 Å². The molecule has 0 amide bonds. The molecule has 0 aromatic heterocycles. The second kappa shape index (κ2) is 3.19. The maximum Gasteiger partial charge on any atom is 0.189 e. The average molecular weight is 154 g/mol. The fraction of sp³-hybridized carbons (Fsp3) is 0. The van der Waals surface area contributed by atoms with Crippen molar-refractivity contribution >= 4 is 5.69 Å². The molecule has 0 aliphatic carbocycles. The van der Waals surface area contributed by atoms with Crippen LogP contribution in [0.2, 0.25) is 0 Å². The molecule has 3 heteroatoms. The van der Waals surface area contributed by atoms with E-state index in [1.807, 2.05) is 0 Å². The fourth-order valence-electron chi connectivity index (χ4n) is 0.740. The van der Waals surface area contributed by atoms with Crippen molar-refractivity contribution in [2.45, 2.75) is 0 Å². The summed E-state index contributed by atoms with van der Waals surface area (Å²) in [6, 6.07) is 6.02. The summed E-state index contributed by atoms with van der Waals surface area (Å²) in [6.07, 6.45) is 0. The molecule has 0 bridgehead atoms. The number of hydrogen-bond acceptors (Lipinski definition) is 2. The van der Waals surface area contributed by atoms with Crippen molar-refractivity contribution < 1.29 is 1.37 Å². The summed E-state index contributed by atoms with van der Waals surface area (Å²) in [5, 5.41) is 17.2. The van der Waals surface area contributed by atoms with Gasteiger partial charge in [0.25, 0.3) is 0 Å². The minimum Gasteiger partial charge on any atom is -0.238 e. The van der Waals surface area contributed by atoms with Gasteiger partial charge in [-0.3, -0.25) is 0 Å².